The van der Waals surface area contributed by atoms with Crippen molar-refractivity contribution in [1.29, 1.82) is 0 Å². The molecule has 212 valence electrons. The Hall–Kier alpha value is -2.02. The molecule has 6 heteroatoms. The highest BCUT2D eigenvalue weighted by molar-refractivity contribution is 5.82. The van der Waals surface area contributed by atoms with Crippen molar-refractivity contribution in [1.82, 2.24) is 15.2 Å². The second kappa shape index (κ2) is 18.3. The van der Waals surface area contributed by atoms with Gasteiger partial charge in [-0.15, -0.1) is 0 Å². The van der Waals surface area contributed by atoms with E-state index in [4.69, 9.17) is 4.74 Å². The second-order valence-corrected chi connectivity index (χ2v) is 10.9. The number of morpholine rings is 1. The number of nitrogens with zero attached hydrogens (tertiary/aromatic N) is 2. The van der Waals surface area contributed by atoms with E-state index in [-0.39, 0.29) is 11.9 Å². The number of carbonyl (C=O) groups excluding carboxylic acids is 1. The molecular formula is C32H51N3O3. The second-order valence-electron chi connectivity index (χ2n) is 10.9. The highest BCUT2D eigenvalue weighted by Gasteiger charge is 2.27. The van der Waals surface area contributed by atoms with Gasteiger partial charge in [-0.1, -0.05) is 102 Å². The van der Waals surface area contributed by atoms with Gasteiger partial charge in [0.1, 0.15) is 6.10 Å². The fourth-order valence-corrected chi connectivity index (χ4v) is 5.46. The number of hydrogen-bond donors (Lipinski definition) is 2. The predicted octanol–water partition coefficient (Wildman–Crippen LogP) is 6.57. The number of carbonyl (C=O) groups is 1. The van der Waals surface area contributed by atoms with Crippen LogP contribution in [0, 0.1) is 0 Å². The van der Waals surface area contributed by atoms with Crippen LogP contribution in [0.4, 0.5) is 0 Å². The summed E-state index contributed by atoms with van der Waals surface area (Å²) in [6.07, 6.45) is 18.2. The molecule has 6 nitrogen and oxygen atoms in total. The average molecular weight is 526 g/mol. The van der Waals surface area contributed by atoms with Gasteiger partial charge in [0.2, 0.25) is 5.91 Å². The zero-order chi connectivity index (χ0) is 26.8. The average Bonchev–Trinajstić information content (AvgIpc) is 2.95. The van der Waals surface area contributed by atoms with E-state index in [0.29, 0.717) is 26.2 Å². The maximum atomic E-state index is 12.9. The molecule has 2 heterocycles. The summed E-state index contributed by atoms with van der Waals surface area (Å²) in [6.45, 7) is 5.88. The number of aliphatic hydroxyl groups is 1. The van der Waals surface area contributed by atoms with Crippen LogP contribution < -0.4 is 5.32 Å². The molecule has 1 saturated heterocycles. The molecule has 1 aliphatic heterocycles. The van der Waals surface area contributed by atoms with Crippen LogP contribution in [0.3, 0.4) is 0 Å². The molecule has 0 saturated carbocycles. The molecule has 0 bridgehead atoms. The van der Waals surface area contributed by atoms with E-state index in [2.05, 4.69) is 22.1 Å². The minimum absolute atomic E-state index is 0.0312. The van der Waals surface area contributed by atoms with E-state index in [9.17, 15) is 9.90 Å². The van der Waals surface area contributed by atoms with Gasteiger partial charge in [0.25, 0.3) is 0 Å². The molecule has 0 spiro atoms. The number of pyridine rings is 1. The summed E-state index contributed by atoms with van der Waals surface area (Å²) in [7, 11) is 0. The summed E-state index contributed by atoms with van der Waals surface area (Å²) in [5, 5.41) is 15.6. The number of aromatic nitrogens is 1. The summed E-state index contributed by atoms with van der Waals surface area (Å²) >= 11 is 0. The zero-order valence-corrected chi connectivity index (χ0v) is 23.7. The van der Waals surface area contributed by atoms with Crippen LogP contribution in [0.2, 0.25) is 0 Å². The fraction of sp³-hybridized carbons (Fsp3) is 0.688. The largest absolute Gasteiger partial charge is 0.386 e. The number of hydrogen-bond acceptors (Lipinski definition) is 5. The number of amides is 1. The lowest BCUT2D eigenvalue weighted by atomic mass is 9.97. The number of benzene rings is 1. The van der Waals surface area contributed by atoms with Gasteiger partial charge in [0, 0.05) is 37.6 Å². The van der Waals surface area contributed by atoms with Crippen LogP contribution in [0.15, 0.2) is 36.5 Å². The Morgan fingerprint density at radius 2 is 1.53 bits per heavy atom. The zero-order valence-electron chi connectivity index (χ0n) is 23.7. The molecule has 2 N–H and O–H groups in total. The Morgan fingerprint density at radius 1 is 0.921 bits per heavy atom. The van der Waals surface area contributed by atoms with E-state index < -0.39 is 6.10 Å². The van der Waals surface area contributed by atoms with Crippen LogP contribution >= 0.6 is 0 Å². The van der Waals surface area contributed by atoms with Gasteiger partial charge in [-0.25, -0.2) is 0 Å². The lowest BCUT2D eigenvalue weighted by molar-refractivity contribution is -0.123. The van der Waals surface area contributed by atoms with Crippen molar-refractivity contribution < 1.29 is 14.6 Å². The molecule has 3 rings (SSSR count). The molecule has 1 amide bonds. The molecular weight excluding hydrogens is 474 g/mol. The minimum Gasteiger partial charge on any atom is -0.386 e. The van der Waals surface area contributed by atoms with Crippen molar-refractivity contribution in [3.05, 3.63) is 42.1 Å². The highest BCUT2D eigenvalue weighted by atomic mass is 16.5. The summed E-state index contributed by atoms with van der Waals surface area (Å²) in [5.74, 6) is 0.0312. The van der Waals surface area contributed by atoms with E-state index in [1.807, 2.05) is 30.3 Å². The maximum absolute atomic E-state index is 12.9. The molecule has 0 radical (unpaired) electrons. The monoisotopic (exact) mass is 525 g/mol. The first-order valence-electron chi connectivity index (χ1n) is 15.3. The Bertz CT molecular complexity index is 910. The van der Waals surface area contributed by atoms with Gasteiger partial charge in [-0.05, 0) is 24.1 Å². The number of unbranched alkanes of at least 4 members (excludes halogenated alkanes) is 12. The van der Waals surface area contributed by atoms with Crippen LogP contribution in [0.25, 0.3) is 10.9 Å². The van der Waals surface area contributed by atoms with Gasteiger partial charge in [-0.2, -0.15) is 0 Å². The van der Waals surface area contributed by atoms with Gasteiger partial charge >= 0.3 is 0 Å². The Morgan fingerprint density at radius 3 is 2.18 bits per heavy atom. The summed E-state index contributed by atoms with van der Waals surface area (Å²) in [6, 6.07) is 9.35. The third-order valence-corrected chi connectivity index (χ3v) is 7.79. The number of nitrogens with one attached hydrogen (secondary N) is 1. The number of ether oxygens (including phenoxy) is 1. The van der Waals surface area contributed by atoms with Crippen LogP contribution in [-0.2, 0) is 9.53 Å². The number of para-hydroxylation sites is 1. The van der Waals surface area contributed by atoms with Gasteiger partial charge < -0.3 is 15.2 Å². The molecule has 0 aliphatic carbocycles. The Kier molecular flexibility index (Phi) is 14.7. The third kappa shape index (κ3) is 11.0. The molecule has 1 aromatic heterocycles. The standard InChI is InChI=1S/C32H51N3O3/c1-2-3-4-5-6-7-8-9-10-11-12-13-14-19-31(36)34-30(26-35-22-24-38-25-23-35)32(37)28-20-21-33-29-18-16-15-17-27(28)29/h15-18,20-21,30,32,37H,2-14,19,22-26H2,1H3,(H,34,36)/t30-,32-/m0/s1. The molecule has 2 atom stereocenters. The van der Waals surface area contributed by atoms with Crippen molar-refractivity contribution in [2.24, 2.45) is 0 Å². The first-order chi connectivity index (χ1) is 18.7. The van der Waals surface area contributed by atoms with Crippen molar-refractivity contribution >= 4 is 16.8 Å². The highest BCUT2D eigenvalue weighted by Crippen LogP contribution is 2.26. The smallest absolute Gasteiger partial charge is 0.220 e. The SMILES string of the molecule is CCCCCCCCCCCCCCCC(=O)N[C@@H](CN1CCOCC1)[C@@H](O)c1ccnc2ccccc12. The van der Waals surface area contributed by atoms with Crippen molar-refractivity contribution in [2.45, 2.75) is 109 Å². The van der Waals surface area contributed by atoms with Gasteiger partial charge in [0.05, 0.1) is 24.8 Å². The summed E-state index contributed by atoms with van der Waals surface area (Å²) in [5.41, 5.74) is 1.67. The number of rotatable bonds is 19. The molecule has 1 aliphatic rings. The molecule has 0 unspecified atom stereocenters. The summed E-state index contributed by atoms with van der Waals surface area (Å²) < 4.78 is 5.50. The van der Waals surface area contributed by atoms with E-state index in [1.165, 1.54) is 70.6 Å². The minimum atomic E-state index is -0.804. The quantitative estimate of drug-likeness (QED) is 0.203. The maximum Gasteiger partial charge on any atom is 0.220 e. The van der Waals surface area contributed by atoms with Crippen molar-refractivity contribution in [2.75, 3.05) is 32.8 Å². The molecule has 1 aromatic carbocycles. The fourth-order valence-electron chi connectivity index (χ4n) is 5.46. The van der Waals surface area contributed by atoms with Crippen molar-refractivity contribution in [3.63, 3.8) is 0 Å². The molecule has 2 aromatic rings. The van der Waals surface area contributed by atoms with Crippen LogP contribution in [0.5, 0.6) is 0 Å². The predicted molar refractivity (Wildman–Crippen MR) is 156 cm³/mol. The lowest BCUT2D eigenvalue weighted by Gasteiger charge is -2.33. The van der Waals surface area contributed by atoms with E-state index >= 15 is 0 Å². The number of fused-ring (bicyclic) bond motifs is 1. The molecule has 38 heavy (non-hydrogen) atoms. The topological polar surface area (TPSA) is 74.7 Å². The normalized spacial score (nSPS) is 15.9. The third-order valence-electron chi connectivity index (χ3n) is 7.79. The Labute approximate surface area is 230 Å². The Balaban J connectivity index is 1.39. The van der Waals surface area contributed by atoms with Gasteiger partial charge in [0.15, 0.2) is 0 Å². The summed E-state index contributed by atoms with van der Waals surface area (Å²) in [4.78, 5) is 19.6. The van der Waals surface area contributed by atoms with Gasteiger partial charge in [-0.3, -0.25) is 14.7 Å². The molecule has 1 fully saturated rings. The number of aliphatic hydroxyl groups excluding tert-OH is 1. The van der Waals surface area contributed by atoms with Crippen LogP contribution in [-0.4, -0.2) is 59.8 Å². The van der Waals surface area contributed by atoms with Crippen molar-refractivity contribution in [3.8, 4) is 0 Å². The first-order valence-corrected chi connectivity index (χ1v) is 15.3. The van der Waals surface area contributed by atoms with E-state index in [1.54, 1.807) is 6.20 Å². The first kappa shape index (κ1) is 30.5. The lowest BCUT2D eigenvalue weighted by Crippen LogP contribution is -2.50. The van der Waals surface area contributed by atoms with E-state index in [0.717, 1.165) is 42.4 Å². The van der Waals surface area contributed by atoms with Crippen LogP contribution in [0.1, 0.15) is 108 Å².